The molecular weight excluding hydrogens is 300 g/mol. The summed E-state index contributed by atoms with van der Waals surface area (Å²) in [6, 6.07) is 0. The molecule has 0 bridgehead atoms. The van der Waals surface area contributed by atoms with Crippen molar-refractivity contribution in [2.45, 2.75) is 0 Å². The number of hydrogen-bond donors (Lipinski definition) is 1. The summed E-state index contributed by atoms with van der Waals surface area (Å²) in [6.45, 7) is 0. The number of aromatic nitrogens is 4. The van der Waals surface area contributed by atoms with Crippen molar-refractivity contribution in [2.75, 3.05) is 12.4 Å². The summed E-state index contributed by atoms with van der Waals surface area (Å²) in [7, 11) is 1.84. The van der Waals surface area contributed by atoms with Crippen LogP contribution < -0.4 is 5.32 Å². The van der Waals surface area contributed by atoms with Gasteiger partial charge < -0.3 is 5.32 Å². The third-order valence-electron chi connectivity index (χ3n) is 1.68. The minimum Gasteiger partial charge on any atom is -0.372 e. The van der Waals surface area contributed by atoms with E-state index in [1.165, 1.54) is 0 Å². The van der Waals surface area contributed by atoms with Crippen LogP contribution in [0.5, 0.6) is 0 Å². The van der Waals surface area contributed by atoms with Crippen molar-refractivity contribution in [3.05, 3.63) is 12.5 Å². The first-order valence-electron chi connectivity index (χ1n) is 3.60. The SMILES string of the molecule is CNc1ncnc2c1cnn2PI. The fourth-order valence-corrected chi connectivity index (χ4v) is 2.52. The molecule has 5 nitrogen and oxygen atoms in total. The molecule has 0 aliphatic carbocycles. The van der Waals surface area contributed by atoms with Crippen molar-refractivity contribution >= 4 is 45.3 Å². The van der Waals surface area contributed by atoms with Crippen LogP contribution in [-0.2, 0) is 0 Å². The van der Waals surface area contributed by atoms with E-state index in [4.69, 9.17) is 0 Å². The molecule has 0 spiro atoms. The average molecular weight is 307 g/mol. The monoisotopic (exact) mass is 307 g/mol. The molecule has 1 N–H and O–H groups in total. The fraction of sp³-hybridized carbons (Fsp3) is 0.167. The highest BCUT2D eigenvalue weighted by atomic mass is 127. The van der Waals surface area contributed by atoms with Gasteiger partial charge >= 0.3 is 0 Å². The van der Waals surface area contributed by atoms with Gasteiger partial charge in [-0.2, -0.15) is 5.10 Å². The van der Waals surface area contributed by atoms with E-state index in [1.54, 1.807) is 12.5 Å². The standard InChI is InChI=1S/C6H7IN5P/c1-8-5-4-2-11-12(13-7)6(4)10-3-9-5/h2-3,13H,1H3,(H,8,9,10). The lowest BCUT2D eigenvalue weighted by atomic mass is 10.4. The molecule has 1 unspecified atom stereocenters. The maximum absolute atomic E-state index is 4.20. The summed E-state index contributed by atoms with van der Waals surface area (Å²) >= 11 is 2.27. The molecule has 7 heteroatoms. The number of fused-ring (bicyclic) bond motifs is 1. The van der Waals surface area contributed by atoms with E-state index < -0.39 is 0 Å². The van der Waals surface area contributed by atoms with Gasteiger partial charge in [0.2, 0.25) is 0 Å². The van der Waals surface area contributed by atoms with Crippen LogP contribution in [0.2, 0.25) is 0 Å². The van der Waals surface area contributed by atoms with Crippen LogP contribution in [0, 0.1) is 0 Å². The number of halogens is 1. The van der Waals surface area contributed by atoms with E-state index in [0.717, 1.165) is 16.9 Å². The minimum atomic E-state index is 0.564. The first-order valence-corrected chi connectivity index (χ1v) is 7.66. The number of nitrogens with one attached hydrogen (secondary N) is 1. The van der Waals surface area contributed by atoms with Gasteiger partial charge in [-0.05, 0) is 22.0 Å². The molecule has 0 aliphatic rings. The van der Waals surface area contributed by atoms with Crippen molar-refractivity contribution in [1.29, 1.82) is 0 Å². The molecule has 0 radical (unpaired) electrons. The Morgan fingerprint density at radius 1 is 1.54 bits per heavy atom. The number of nitrogens with zero attached hydrogens (tertiary/aromatic N) is 4. The van der Waals surface area contributed by atoms with Gasteiger partial charge in [-0.15, -0.1) is 0 Å². The van der Waals surface area contributed by atoms with Gasteiger partial charge in [-0.25, -0.2) is 14.4 Å². The van der Waals surface area contributed by atoms with Crippen LogP contribution in [-0.4, -0.2) is 26.6 Å². The van der Waals surface area contributed by atoms with E-state index in [0.29, 0.717) is 6.37 Å². The van der Waals surface area contributed by atoms with Gasteiger partial charge in [-0.1, -0.05) is 0 Å². The van der Waals surface area contributed by atoms with Crippen molar-refractivity contribution in [3.8, 4) is 0 Å². The van der Waals surface area contributed by atoms with Gasteiger partial charge in [-0.3, -0.25) is 0 Å². The van der Waals surface area contributed by atoms with E-state index in [9.17, 15) is 0 Å². The minimum absolute atomic E-state index is 0.564. The van der Waals surface area contributed by atoms with Crippen LogP contribution in [0.3, 0.4) is 0 Å². The first kappa shape index (κ1) is 9.08. The van der Waals surface area contributed by atoms with Crippen molar-refractivity contribution < 1.29 is 0 Å². The van der Waals surface area contributed by atoms with Gasteiger partial charge in [0.1, 0.15) is 12.1 Å². The molecule has 2 aromatic heterocycles. The van der Waals surface area contributed by atoms with E-state index in [-0.39, 0.29) is 0 Å². The van der Waals surface area contributed by atoms with E-state index >= 15 is 0 Å². The second-order valence-corrected chi connectivity index (χ2v) is 4.39. The van der Waals surface area contributed by atoms with Gasteiger partial charge in [0.05, 0.1) is 18.0 Å². The molecule has 2 aromatic rings. The van der Waals surface area contributed by atoms with Crippen LogP contribution >= 0.6 is 28.4 Å². The highest BCUT2D eigenvalue weighted by molar-refractivity contribution is 14.2. The zero-order valence-electron chi connectivity index (χ0n) is 6.82. The summed E-state index contributed by atoms with van der Waals surface area (Å²) in [6.07, 6.45) is 3.89. The normalized spacial score (nSPS) is 11.5. The van der Waals surface area contributed by atoms with Crippen molar-refractivity contribution in [1.82, 2.24) is 19.5 Å². The molecule has 0 saturated heterocycles. The Morgan fingerprint density at radius 2 is 2.38 bits per heavy atom. The summed E-state index contributed by atoms with van der Waals surface area (Å²) in [5, 5.41) is 8.17. The Balaban J connectivity index is 2.72. The molecule has 0 aromatic carbocycles. The Kier molecular flexibility index (Phi) is 2.59. The Morgan fingerprint density at radius 3 is 3.08 bits per heavy atom. The highest BCUT2D eigenvalue weighted by Gasteiger charge is 2.06. The molecule has 2 rings (SSSR count). The van der Waals surface area contributed by atoms with Crippen molar-refractivity contribution in [3.63, 3.8) is 0 Å². The molecule has 0 saturated carbocycles. The number of rotatable bonds is 2. The summed E-state index contributed by atoms with van der Waals surface area (Å²) in [5.41, 5.74) is 0.882. The van der Waals surface area contributed by atoms with Gasteiger partial charge in [0.15, 0.2) is 5.65 Å². The smallest absolute Gasteiger partial charge is 0.167 e. The first-order chi connectivity index (χ1) is 6.36. The second-order valence-electron chi connectivity index (χ2n) is 2.35. The second kappa shape index (κ2) is 3.71. The van der Waals surface area contributed by atoms with Crippen molar-refractivity contribution in [2.24, 2.45) is 0 Å². The lowest BCUT2D eigenvalue weighted by molar-refractivity contribution is 1.02. The molecular formula is C6H7IN5P. The molecule has 2 heterocycles. The number of hydrogen-bond acceptors (Lipinski definition) is 4. The Hall–Kier alpha value is -0.490. The maximum Gasteiger partial charge on any atom is 0.167 e. The molecule has 13 heavy (non-hydrogen) atoms. The Labute approximate surface area is 89.7 Å². The zero-order valence-corrected chi connectivity index (χ0v) is 9.98. The third kappa shape index (κ3) is 1.48. The molecule has 1 atom stereocenters. The maximum atomic E-state index is 4.20. The van der Waals surface area contributed by atoms with E-state index in [1.807, 2.05) is 11.5 Å². The predicted octanol–water partition coefficient (Wildman–Crippen LogP) is 1.66. The fourth-order valence-electron chi connectivity index (χ4n) is 1.11. The topological polar surface area (TPSA) is 55.6 Å². The average Bonchev–Trinajstić information content (AvgIpc) is 2.60. The molecule has 0 amide bonds. The van der Waals surface area contributed by atoms with Crippen LogP contribution in [0.1, 0.15) is 0 Å². The van der Waals surface area contributed by atoms with Crippen LogP contribution in [0.15, 0.2) is 12.5 Å². The molecule has 0 fully saturated rings. The lowest BCUT2D eigenvalue weighted by Crippen LogP contribution is -1.94. The zero-order chi connectivity index (χ0) is 9.26. The lowest BCUT2D eigenvalue weighted by Gasteiger charge is -1.99. The quantitative estimate of drug-likeness (QED) is 0.677. The summed E-state index contributed by atoms with van der Waals surface area (Å²) in [5.74, 6) is 0.825. The predicted molar refractivity (Wildman–Crippen MR) is 62.6 cm³/mol. The highest BCUT2D eigenvalue weighted by Crippen LogP contribution is 2.28. The van der Waals surface area contributed by atoms with E-state index in [2.05, 4.69) is 42.4 Å². The van der Waals surface area contributed by atoms with Crippen LogP contribution in [0.25, 0.3) is 11.0 Å². The largest absolute Gasteiger partial charge is 0.372 e. The third-order valence-corrected chi connectivity index (χ3v) is 3.54. The van der Waals surface area contributed by atoms with Gasteiger partial charge in [0, 0.05) is 7.05 Å². The molecule has 0 aliphatic heterocycles. The number of anilines is 1. The summed E-state index contributed by atoms with van der Waals surface area (Å²) in [4.78, 5) is 8.27. The summed E-state index contributed by atoms with van der Waals surface area (Å²) < 4.78 is 1.86. The van der Waals surface area contributed by atoms with Crippen LogP contribution in [0.4, 0.5) is 5.82 Å². The van der Waals surface area contributed by atoms with Gasteiger partial charge in [0.25, 0.3) is 0 Å². The molecule has 68 valence electrons. The Bertz CT molecular complexity index is 428.